The molecule has 0 spiro atoms. The largest absolute Gasteiger partial charge is 0.368 e. The smallest absolute Gasteiger partial charge is 0.141 e. The minimum atomic E-state index is -0.805. The van der Waals surface area contributed by atoms with Gasteiger partial charge in [0.15, 0.2) is 0 Å². The van der Waals surface area contributed by atoms with Gasteiger partial charge in [-0.1, -0.05) is 11.6 Å². The molecule has 1 aromatic carbocycles. The first-order valence-electron chi connectivity index (χ1n) is 4.94. The first-order chi connectivity index (χ1) is 7.54. The summed E-state index contributed by atoms with van der Waals surface area (Å²) in [7, 11) is 0. The Labute approximate surface area is 98.2 Å². The number of nitriles is 1. The lowest BCUT2D eigenvalue weighted by Crippen LogP contribution is -2.41. The normalized spacial score (nSPS) is 24.5. The summed E-state index contributed by atoms with van der Waals surface area (Å²) in [4.78, 5) is 1.94. The summed E-state index contributed by atoms with van der Waals surface area (Å²) in [5.41, 5.74) is 5.84. The standard InChI is InChI=1S/C11H11ClFN3/c12-9-5-8(1-2-10(9)13)16-4-3-11(15,6-14)7-16/h1-2,5H,3-4,7,15H2. The molecule has 2 N–H and O–H groups in total. The molecule has 0 aromatic heterocycles. The Balaban J connectivity index is 2.22. The van der Waals surface area contributed by atoms with E-state index >= 15 is 0 Å². The molecule has 0 bridgehead atoms. The number of nitrogens with zero attached hydrogens (tertiary/aromatic N) is 2. The van der Waals surface area contributed by atoms with E-state index in [1.54, 1.807) is 12.1 Å². The Kier molecular flexibility index (Phi) is 2.75. The van der Waals surface area contributed by atoms with Gasteiger partial charge in [-0.2, -0.15) is 5.26 Å². The molecule has 1 atom stereocenters. The average molecular weight is 240 g/mol. The van der Waals surface area contributed by atoms with Gasteiger partial charge in [-0.05, 0) is 24.6 Å². The molecule has 0 amide bonds. The highest BCUT2D eigenvalue weighted by atomic mass is 35.5. The highest BCUT2D eigenvalue weighted by molar-refractivity contribution is 6.31. The van der Waals surface area contributed by atoms with E-state index in [9.17, 15) is 4.39 Å². The average Bonchev–Trinajstić information content (AvgIpc) is 2.66. The van der Waals surface area contributed by atoms with Crippen molar-refractivity contribution in [1.82, 2.24) is 0 Å². The lowest BCUT2D eigenvalue weighted by atomic mass is 10.0. The van der Waals surface area contributed by atoms with Gasteiger partial charge in [0.05, 0.1) is 11.1 Å². The molecule has 2 rings (SSSR count). The van der Waals surface area contributed by atoms with E-state index in [1.165, 1.54) is 6.07 Å². The van der Waals surface area contributed by atoms with Crippen LogP contribution in [0.15, 0.2) is 18.2 Å². The van der Waals surface area contributed by atoms with E-state index in [-0.39, 0.29) is 5.02 Å². The predicted molar refractivity (Wildman–Crippen MR) is 60.8 cm³/mol. The van der Waals surface area contributed by atoms with Crippen molar-refractivity contribution in [2.24, 2.45) is 5.73 Å². The van der Waals surface area contributed by atoms with Gasteiger partial charge in [0.2, 0.25) is 0 Å². The van der Waals surface area contributed by atoms with E-state index < -0.39 is 11.4 Å². The molecule has 1 aromatic rings. The molecule has 1 fully saturated rings. The van der Waals surface area contributed by atoms with Crippen molar-refractivity contribution in [3.8, 4) is 6.07 Å². The molecule has 1 heterocycles. The van der Waals surface area contributed by atoms with Crippen molar-refractivity contribution >= 4 is 17.3 Å². The van der Waals surface area contributed by atoms with Gasteiger partial charge in [-0.15, -0.1) is 0 Å². The molecular formula is C11H11ClFN3. The summed E-state index contributed by atoms with van der Waals surface area (Å²) in [6.45, 7) is 1.14. The van der Waals surface area contributed by atoms with Gasteiger partial charge >= 0.3 is 0 Å². The molecule has 1 saturated heterocycles. The number of halogens is 2. The zero-order chi connectivity index (χ0) is 11.8. The van der Waals surface area contributed by atoms with Crippen molar-refractivity contribution < 1.29 is 4.39 Å². The minimum absolute atomic E-state index is 0.0870. The van der Waals surface area contributed by atoms with Gasteiger partial charge in [-0.25, -0.2) is 4.39 Å². The van der Waals surface area contributed by atoms with Crippen molar-refractivity contribution in [2.75, 3.05) is 18.0 Å². The van der Waals surface area contributed by atoms with Crippen LogP contribution in [0.2, 0.25) is 5.02 Å². The number of nitrogens with two attached hydrogens (primary N) is 1. The van der Waals surface area contributed by atoms with Crippen LogP contribution in [0.4, 0.5) is 10.1 Å². The van der Waals surface area contributed by atoms with Crippen LogP contribution in [-0.2, 0) is 0 Å². The zero-order valence-electron chi connectivity index (χ0n) is 8.58. The number of anilines is 1. The van der Waals surface area contributed by atoms with Crippen LogP contribution in [-0.4, -0.2) is 18.6 Å². The molecule has 1 aliphatic heterocycles. The Morgan fingerprint density at radius 2 is 2.31 bits per heavy atom. The quantitative estimate of drug-likeness (QED) is 0.815. The fourth-order valence-electron chi connectivity index (χ4n) is 1.83. The molecule has 5 heteroatoms. The Bertz CT molecular complexity index is 457. The van der Waals surface area contributed by atoms with Crippen LogP contribution >= 0.6 is 11.6 Å². The first-order valence-corrected chi connectivity index (χ1v) is 5.32. The van der Waals surface area contributed by atoms with Crippen LogP contribution < -0.4 is 10.6 Å². The van der Waals surface area contributed by atoms with Crippen LogP contribution in [0.1, 0.15) is 6.42 Å². The number of hydrogen-bond donors (Lipinski definition) is 1. The maximum Gasteiger partial charge on any atom is 0.141 e. The van der Waals surface area contributed by atoms with Crippen LogP contribution in [0.5, 0.6) is 0 Å². The second-order valence-corrected chi connectivity index (χ2v) is 4.45. The fraction of sp³-hybridized carbons (Fsp3) is 0.364. The topological polar surface area (TPSA) is 53.1 Å². The highest BCUT2D eigenvalue weighted by Crippen LogP contribution is 2.28. The molecule has 3 nitrogen and oxygen atoms in total. The molecule has 0 aliphatic carbocycles. The third-order valence-electron chi connectivity index (χ3n) is 2.79. The summed E-state index contributed by atoms with van der Waals surface area (Å²) in [5, 5.41) is 8.99. The maximum absolute atomic E-state index is 13.0. The summed E-state index contributed by atoms with van der Waals surface area (Å²) in [6.07, 6.45) is 0.610. The van der Waals surface area contributed by atoms with E-state index in [4.69, 9.17) is 22.6 Å². The molecule has 16 heavy (non-hydrogen) atoms. The van der Waals surface area contributed by atoms with Crippen LogP contribution in [0.3, 0.4) is 0 Å². The summed E-state index contributed by atoms with van der Waals surface area (Å²) in [5.74, 6) is -0.441. The maximum atomic E-state index is 13.0. The van der Waals surface area contributed by atoms with E-state index in [0.717, 1.165) is 5.69 Å². The summed E-state index contributed by atoms with van der Waals surface area (Å²) in [6, 6.07) is 6.61. The predicted octanol–water partition coefficient (Wildman–Crippen LogP) is 1.91. The molecule has 84 valence electrons. The monoisotopic (exact) mass is 239 g/mol. The van der Waals surface area contributed by atoms with Crippen molar-refractivity contribution in [3.63, 3.8) is 0 Å². The number of rotatable bonds is 1. The number of hydrogen-bond acceptors (Lipinski definition) is 3. The SMILES string of the molecule is N#CC1(N)CCN(c2ccc(F)c(Cl)c2)C1. The van der Waals surface area contributed by atoms with E-state index in [1.807, 2.05) is 4.90 Å². The fourth-order valence-corrected chi connectivity index (χ4v) is 2.00. The minimum Gasteiger partial charge on any atom is -0.368 e. The van der Waals surface area contributed by atoms with Gasteiger partial charge in [-0.3, -0.25) is 0 Å². The number of benzene rings is 1. The van der Waals surface area contributed by atoms with E-state index in [0.29, 0.717) is 19.5 Å². The molecule has 0 saturated carbocycles. The van der Waals surface area contributed by atoms with Gasteiger partial charge in [0, 0.05) is 18.8 Å². The summed E-state index contributed by atoms with van der Waals surface area (Å²) >= 11 is 5.70. The Hall–Kier alpha value is -1.31. The second kappa shape index (κ2) is 3.93. The second-order valence-electron chi connectivity index (χ2n) is 4.04. The molecule has 1 aliphatic rings. The van der Waals surface area contributed by atoms with Gasteiger partial charge in [0.25, 0.3) is 0 Å². The van der Waals surface area contributed by atoms with Gasteiger partial charge < -0.3 is 10.6 Å². The molecule has 0 radical (unpaired) electrons. The molecule has 1 unspecified atom stereocenters. The lowest BCUT2D eigenvalue weighted by Gasteiger charge is -2.20. The third-order valence-corrected chi connectivity index (χ3v) is 3.08. The van der Waals surface area contributed by atoms with Gasteiger partial charge in [0.1, 0.15) is 11.4 Å². The highest BCUT2D eigenvalue weighted by Gasteiger charge is 2.34. The van der Waals surface area contributed by atoms with Crippen molar-refractivity contribution in [2.45, 2.75) is 12.0 Å². The van der Waals surface area contributed by atoms with Crippen LogP contribution in [0.25, 0.3) is 0 Å². The zero-order valence-corrected chi connectivity index (χ0v) is 9.34. The Morgan fingerprint density at radius 1 is 1.56 bits per heavy atom. The van der Waals surface area contributed by atoms with Crippen molar-refractivity contribution in [3.05, 3.63) is 29.0 Å². The Morgan fingerprint density at radius 3 is 2.88 bits per heavy atom. The first kappa shape index (κ1) is 11.2. The molecular weight excluding hydrogens is 229 g/mol. The van der Waals surface area contributed by atoms with Crippen LogP contribution in [0, 0.1) is 17.1 Å². The third kappa shape index (κ3) is 1.97. The lowest BCUT2D eigenvalue weighted by molar-refractivity contribution is 0.605. The van der Waals surface area contributed by atoms with E-state index in [2.05, 4.69) is 6.07 Å². The van der Waals surface area contributed by atoms with Crippen molar-refractivity contribution in [1.29, 1.82) is 5.26 Å². The summed E-state index contributed by atoms with van der Waals surface area (Å²) < 4.78 is 13.0.